The lowest BCUT2D eigenvalue weighted by Gasteiger charge is -2.10. The molecule has 2 aromatic rings. The maximum absolute atomic E-state index is 12.1. The summed E-state index contributed by atoms with van der Waals surface area (Å²) in [5.41, 5.74) is 8.50. The van der Waals surface area contributed by atoms with Gasteiger partial charge in [-0.3, -0.25) is 0 Å². The summed E-state index contributed by atoms with van der Waals surface area (Å²) in [6.45, 7) is 1.85. The topological polar surface area (TPSA) is 76.1 Å². The van der Waals surface area contributed by atoms with Gasteiger partial charge in [-0.25, -0.2) is 4.79 Å². The predicted molar refractivity (Wildman–Crippen MR) is 75.9 cm³/mol. The lowest BCUT2D eigenvalue weighted by molar-refractivity contribution is 0.0473. The molecule has 0 aliphatic rings. The number of ether oxygens (including phenoxy) is 1. The van der Waals surface area contributed by atoms with Crippen LogP contribution >= 0.6 is 0 Å². The minimum Gasteiger partial charge on any atom is -0.457 e. The van der Waals surface area contributed by atoms with Crippen molar-refractivity contribution in [1.29, 1.82) is 5.26 Å². The standard InChI is InChI=1S/C16H14N2O2/c1-11-5-4-8-14(18)15(11)16(19)20-10-13-7-3-2-6-12(13)9-17/h2-8H,10,18H2,1H3. The molecule has 0 spiro atoms. The van der Waals surface area contributed by atoms with Crippen molar-refractivity contribution >= 4 is 11.7 Å². The van der Waals surface area contributed by atoms with Crippen molar-refractivity contribution in [2.24, 2.45) is 0 Å². The Morgan fingerprint density at radius 2 is 2.00 bits per heavy atom. The van der Waals surface area contributed by atoms with Gasteiger partial charge in [0.25, 0.3) is 0 Å². The molecule has 100 valence electrons. The van der Waals surface area contributed by atoms with Gasteiger partial charge in [0.2, 0.25) is 0 Å². The number of rotatable bonds is 3. The van der Waals surface area contributed by atoms with Crippen molar-refractivity contribution in [3.8, 4) is 6.07 Å². The second kappa shape index (κ2) is 5.89. The SMILES string of the molecule is Cc1cccc(N)c1C(=O)OCc1ccccc1C#N. The molecule has 0 unspecified atom stereocenters. The van der Waals surface area contributed by atoms with Crippen LogP contribution in [0.2, 0.25) is 0 Å². The zero-order chi connectivity index (χ0) is 14.5. The maximum Gasteiger partial charge on any atom is 0.340 e. The summed E-state index contributed by atoms with van der Waals surface area (Å²) in [5.74, 6) is -0.478. The normalized spacial score (nSPS) is 9.80. The molecule has 0 bridgehead atoms. The van der Waals surface area contributed by atoms with E-state index in [1.54, 1.807) is 49.4 Å². The average molecular weight is 266 g/mol. The smallest absolute Gasteiger partial charge is 0.340 e. The van der Waals surface area contributed by atoms with Gasteiger partial charge in [0.1, 0.15) is 6.61 Å². The van der Waals surface area contributed by atoms with Gasteiger partial charge < -0.3 is 10.5 Å². The molecule has 0 aromatic heterocycles. The Bertz CT molecular complexity index is 667. The third-order valence-electron chi connectivity index (χ3n) is 3.01. The quantitative estimate of drug-likeness (QED) is 0.684. The highest BCUT2D eigenvalue weighted by Gasteiger charge is 2.14. The molecule has 20 heavy (non-hydrogen) atoms. The third kappa shape index (κ3) is 2.78. The first-order valence-corrected chi connectivity index (χ1v) is 6.13. The molecule has 0 aliphatic carbocycles. The Morgan fingerprint density at radius 3 is 2.70 bits per heavy atom. The lowest BCUT2D eigenvalue weighted by atomic mass is 10.1. The Labute approximate surface area is 117 Å². The van der Waals surface area contributed by atoms with Crippen LogP contribution in [-0.4, -0.2) is 5.97 Å². The Kier molecular flexibility index (Phi) is 4.02. The zero-order valence-corrected chi connectivity index (χ0v) is 11.1. The number of anilines is 1. The maximum atomic E-state index is 12.1. The zero-order valence-electron chi connectivity index (χ0n) is 11.1. The van der Waals surface area contributed by atoms with Crippen LogP contribution in [0, 0.1) is 18.3 Å². The fraction of sp³-hybridized carbons (Fsp3) is 0.125. The summed E-state index contributed by atoms with van der Waals surface area (Å²) >= 11 is 0. The van der Waals surface area contributed by atoms with E-state index >= 15 is 0 Å². The van der Waals surface area contributed by atoms with Crippen LogP contribution in [0.4, 0.5) is 5.69 Å². The highest BCUT2D eigenvalue weighted by molar-refractivity contribution is 5.96. The first kappa shape index (κ1) is 13.6. The molecule has 0 atom stereocenters. The molecule has 4 heteroatoms. The summed E-state index contributed by atoms with van der Waals surface area (Å²) in [6.07, 6.45) is 0. The van der Waals surface area contributed by atoms with Gasteiger partial charge in [0.05, 0.1) is 17.2 Å². The number of benzene rings is 2. The largest absolute Gasteiger partial charge is 0.457 e. The van der Waals surface area contributed by atoms with E-state index in [9.17, 15) is 4.79 Å². The molecule has 0 fully saturated rings. The molecule has 0 saturated carbocycles. The van der Waals surface area contributed by atoms with Crippen molar-refractivity contribution in [2.75, 3.05) is 5.73 Å². The molecule has 0 saturated heterocycles. The van der Waals surface area contributed by atoms with Crippen molar-refractivity contribution < 1.29 is 9.53 Å². The van der Waals surface area contributed by atoms with Gasteiger partial charge >= 0.3 is 5.97 Å². The minimum atomic E-state index is -0.478. The molecular weight excluding hydrogens is 252 g/mol. The minimum absolute atomic E-state index is 0.0519. The van der Waals surface area contributed by atoms with Crippen LogP contribution in [-0.2, 0) is 11.3 Å². The highest BCUT2D eigenvalue weighted by atomic mass is 16.5. The van der Waals surface area contributed by atoms with E-state index in [1.165, 1.54) is 0 Å². The van der Waals surface area contributed by atoms with Crippen molar-refractivity contribution in [1.82, 2.24) is 0 Å². The van der Waals surface area contributed by atoms with Gasteiger partial charge in [-0.2, -0.15) is 5.26 Å². The number of esters is 1. The number of aryl methyl sites for hydroxylation is 1. The molecule has 0 aliphatic heterocycles. The number of nitrogens with zero attached hydrogens (tertiary/aromatic N) is 1. The third-order valence-corrected chi connectivity index (χ3v) is 3.01. The lowest BCUT2D eigenvalue weighted by Crippen LogP contribution is -2.10. The summed E-state index contributed by atoms with van der Waals surface area (Å²) in [4.78, 5) is 12.1. The molecule has 4 nitrogen and oxygen atoms in total. The summed E-state index contributed by atoms with van der Waals surface area (Å²) < 4.78 is 5.25. The second-order valence-electron chi connectivity index (χ2n) is 4.38. The fourth-order valence-corrected chi connectivity index (χ4v) is 1.94. The number of nitrogen functional groups attached to an aromatic ring is 1. The van der Waals surface area contributed by atoms with Crippen molar-refractivity contribution in [2.45, 2.75) is 13.5 Å². The van der Waals surface area contributed by atoms with Crippen molar-refractivity contribution in [3.05, 3.63) is 64.7 Å². The van der Waals surface area contributed by atoms with Crippen LogP contribution < -0.4 is 5.73 Å². The fourth-order valence-electron chi connectivity index (χ4n) is 1.94. The van der Waals surface area contributed by atoms with Crippen LogP contribution in [0.15, 0.2) is 42.5 Å². The number of nitriles is 1. The number of carbonyl (C=O) groups is 1. The molecule has 2 N–H and O–H groups in total. The number of carbonyl (C=O) groups excluding carboxylic acids is 1. The van der Waals surface area contributed by atoms with Gasteiger partial charge in [-0.1, -0.05) is 30.3 Å². The van der Waals surface area contributed by atoms with E-state index in [1.807, 2.05) is 0 Å². The first-order valence-electron chi connectivity index (χ1n) is 6.13. The van der Waals surface area contributed by atoms with Gasteiger partial charge in [-0.15, -0.1) is 0 Å². The molecular formula is C16H14N2O2. The summed E-state index contributed by atoms with van der Waals surface area (Å²) in [7, 11) is 0. The van der Waals surface area contributed by atoms with Crippen LogP contribution in [0.3, 0.4) is 0 Å². The van der Waals surface area contributed by atoms with Gasteiger partial charge in [-0.05, 0) is 24.6 Å². The highest BCUT2D eigenvalue weighted by Crippen LogP contribution is 2.18. The number of nitrogens with two attached hydrogens (primary N) is 1. The van der Waals surface area contributed by atoms with E-state index in [4.69, 9.17) is 15.7 Å². The number of hydrogen-bond acceptors (Lipinski definition) is 4. The Morgan fingerprint density at radius 1 is 1.25 bits per heavy atom. The Hall–Kier alpha value is -2.80. The molecule has 2 rings (SSSR count). The Balaban J connectivity index is 2.16. The van der Waals surface area contributed by atoms with E-state index in [2.05, 4.69) is 6.07 Å². The van der Waals surface area contributed by atoms with Gasteiger partial charge in [0, 0.05) is 11.3 Å². The second-order valence-corrected chi connectivity index (χ2v) is 4.38. The van der Waals surface area contributed by atoms with Crippen LogP contribution in [0.1, 0.15) is 27.0 Å². The molecule has 0 amide bonds. The predicted octanol–water partition coefficient (Wildman–Crippen LogP) is 2.81. The monoisotopic (exact) mass is 266 g/mol. The van der Waals surface area contributed by atoms with E-state index in [-0.39, 0.29) is 6.61 Å². The van der Waals surface area contributed by atoms with Gasteiger partial charge in [0.15, 0.2) is 0 Å². The summed E-state index contributed by atoms with van der Waals surface area (Å²) in [6, 6.07) is 14.3. The summed E-state index contributed by atoms with van der Waals surface area (Å²) in [5, 5.41) is 8.98. The average Bonchev–Trinajstić information content (AvgIpc) is 2.45. The molecule has 0 radical (unpaired) electrons. The van der Waals surface area contributed by atoms with E-state index in [0.29, 0.717) is 22.4 Å². The first-order chi connectivity index (χ1) is 9.63. The van der Waals surface area contributed by atoms with E-state index < -0.39 is 5.97 Å². The van der Waals surface area contributed by atoms with Crippen LogP contribution in [0.5, 0.6) is 0 Å². The van der Waals surface area contributed by atoms with E-state index in [0.717, 1.165) is 5.56 Å². The van der Waals surface area contributed by atoms with Crippen LogP contribution in [0.25, 0.3) is 0 Å². The molecule has 0 heterocycles. The van der Waals surface area contributed by atoms with Crippen molar-refractivity contribution in [3.63, 3.8) is 0 Å². The number of hydrogen-bond donors (Lipinski definition) is 1. The molecule has 2 aromatic carbocycles.